The highest BCUT2D eigenvalue weighted by Crippen LogP contribution is 2.34. The maximum atomic E-state index is 12.4. The number of benzene rings is 1. The van der Waals surface area contributed by atoms with E-state index in [9.17, 15) is 23.3 Å². The lowest BCUT2D eigenvalue weighted by Gasteiger charge is -2.17. The van der Waals surface area contributed by atoms with Gasteiger partial charge in [0.1, 0.15) is 6.04 Å². The van der Waals surface area contributed by atoms with E-state index in [1.807, 2.05) is 0 Å². The Labute approximate surface area is 89.0 Å². The second kappa shape index (κ2) is 4.09. The van der Waals surface area contributed by atoms with E-state index in [4.69, 9.17) is 5.73 Å². The van der Waals surface area contributed by atoms with Crippen LogP contribution in [0.3, 0.4) is 0 Å². The summed E-state index contributed by atoms with van der Waals surface area (Å²) < 4.78 is 37.1. The quantitative estimate of drug-likeness (QED) is 0.631. The zero-order valence-electron chi connectivity index (χ0n) is 8.28. The Kier molecular flexibility index (Phi) is 3.18. The van der Waals surface area contributed by atoms with E-state index in [1.54, 1.807) is 0 Å². The number of nitro benzene ring substituents is 1. The highest BCUT2D eigenvalue weighted by atomic mass is 19.4. The van der Waals surface area contributed by atoms with E-state index in [1.165, 1.54) is 13.0 Å². The second-order valence-electron chi connectivity index (χ2n) is 3.27. The molecular formula is C9H9F3N2O2. The Morgan fingerprint density at radius 3 is 2.44 bits per heavy atom. The van der Waals surface area contributed by atoms with Crippen LogP contribution >= 0.6 is 0 Å². The number of rotatable bonds is 2. The molecule has 0 aliphatic carbocycles. The van der Waals surface area contributed by atoms with Gasteiger partial charge in [-0.05, 0) is 12.5 Å². The van der Waals surface area contributed by atoms with Crippen molar-refractivity contribution < 1.29 is 18.1 Å². The van der Waals surface area contributed by atoms with Crippen LogP contribution < -0.4 is 5.73 Å². The molecule has 0 saturated heterocycles. The predicted octanol–water partition coefficient (Wildman–Crippen LogP) is 2.47. The number of hydrogen-bond donors (Lipinski definition) is 1. The molecule has 0 saturated carbocycles. The van der Waals surface area contributed by atoms with Gasteiger partial charge in [0.05, 0.1) is 4.92 Å². The monoisotopic (exact) mass is 234 g/mol. The minimum atomic E-state index is -4.61. The normalized spacial score (nSPS) is 13.6. The fourth-order valence-corrected chi connectivity index (χ4v) is 1.35. The van der Waals surface area contributed by atoms with E-state index in [2.05, 4.69) is 0 Å². The molecule has 1 rings (SSSR count). The van der Waals surface area contributed by atoms with Gasteiger partial charge in [-0.1, -0.05) is 12.1 Å². The SMILES string of the molecule is Cc1c([C@@H](N)C(F)(F)F)cccc1[N+](=O)[O-]. The number of nitro groups is 1. The van der Waals surface area contributed by atoms with Crippen LogP contribution in [-0.4, -0.2) is 11.1 Å². The van der Waals surface area contributed by atoms with Gasteiger partial charge < -0.3 is 5.73 Å². The molecule has 0 amide bonds. The zero-order chi connectivity index (χ0) is 12.5. The van der Waals surface area contributed by atoms with Gasteiger partial charge in [0.15, 0.2) is 0 Å². The molecule has 0 heterocycles. The van der Waals surface area contributed by atoms with Crippen LogP contribution in [0.2, 0.25) is 0 Å². The Balaban J connectivity index is 3.26. The average molecular weight is 234 g/mol. The van der Waals surface area contributed by atoms with Crippen LogP contribution in [0, 0.1) is 17.0 Å². The van der Waals surface area contributed by atoms with Gasteiger partial charge in [0.2, 0.25) is 0 Å². The van der Waals surface area contributed by atoms with E-state index in [-0.39, 0.29) is 16.8 Å². The van der Waals surface area contributed by atoms with Crippen LogP contribution in [0.5, 0.6) is 0 Å². The van der Waals surface area contributed by atoms with E-state index in [0.29, 0.717) is 0 Å². The molecule has 88 valence electrons. The summed E-state index contributed by atoms with van der Waals surface area (Å²) >= 11 is 0. The molecule has 16 heavy (non-hydrogen) atoms. The lowest BCUT2D eigenvalue weighted by atomic mass is 10.00. The average Bonchev–Trinajstić information content (AvgIpc) is 2.15. The molecule has 0 aliphatic rings. The van der Waals surface area contributed by atoms with Gasteiger partial charge in [-0.15, -0.1) is 0 Å². The van der Waals surface area contributed by atoms with Crippen LogP contribution in [0.4, 0.5) is 18.9 Å². The molecule has 0 bridgehead atoms. The first-order valence-corrected chi connectivity index (χ1v) is 4.31. The van der Waals surface area contributed by atoms with Gasteiger partial charge in [-0.3, -0.25) is 10.1 Å². The van der Waals surface area contributed by atoms with Crippen molar-refractivity contribution >= 4 is 5.69 Å². The lowest BCUT2D eigenvalue weighted by Crippen LogP contribution is -2.29. The fraction of sp³-hybridized carbons (Fsp3) is 0.333. The van der Waals surface area contributed by atoms with Crippen molar-refractivity contribution in [1.82, 2.24) is 0 Å². The van der Waals surface area contributed by atoms with Crippen LogP contribution in [0.15, 0.2) is 18.2 Å². The summed E-state index contributed by atoms with van der Waals surface area (Å²) in [5.74, 6) is 0. The van der Waals surface area contributed by atoms with Gasteiger partial charge in [-0.25, -0.2) is 0 Å². The molecule has 0 aliphatic heterocycles. The smallest absolute Gasteiger partial charge is 0.316 e. The third-order valence-corrected chi connectivity index (χ3v) is 2.23. The van der Waals surface area contributed by atoms with Gasteiger partial charge in [0.25, 0.3) is 5.69 Å². The first-order valence-electron chi connectivity index (χ1n) is 4.31. The van der Waals surface area contributed by atoms with Gasteiger partial charge in [-0.2, -0.15) is 13.2 Å². The molecule has 0 radical (unpaired) electrons. The highest BCUT2D eigenvalue weighted by Gasteiger charge is 2.39. The first kappa shape index (κ1) is 12.4. The second-order valence-corrected chi connectivity index (χ2v) is 3.27. The van der Waals surface area contributed by atoms with Crippen LogP contribution in [0.25, 0.3) is 0 Å². The predicted molar refractivity (Wildman–Crippen MR) is 50.8 cm³/mol. The molecular weight excluding hydrogens is 225 g/mol. The van der Waals surface area contributed by atoms with Crippen molar-refractivity contribution in [2.24, 2.45) is 5.73 Å². The topological polar surface area (TPSA) is 69.2 Å². The maximum absolute atomic E-state index is 12.4. The minimum absolute atomic E-state index is 0.0580. The van der Waals surface area contributed by atoms with Gasteiger partial charge in [0, 0.05) is 11.6 Å². The lowest BCUT2D eigenvalue weighted by molar-refractivity contribution is -0.385. The van der Waals surface area contributed by atoms with Crippen molar-refractivity contribution in [2.45, 2.75) is 19.1 Å². The molecule has 1 aromatic rings. The summed E-state index contributed by atoms with van der Waals surface area (Å²) in [5, 5.41) is 10.5. The molecule has 0 unspecified atom stereocenters. The standard InChI is InChI=1S/C9H9F3N2O2/c1-5-6(8(13)9(10,11)12)3-2-4-7(5)14(15)16/h2-4,8H,13H2,1H3/t8-/m1/s1. The summed E-state index contributed by atoms with van der Waals surface area (Å²) in [6.45, 7) is 1.25. The number of nitrogens with zero attached hydrogens (tertiary/aromatic N) is 1. The maximum Gasteiger partial charge on any atom is 0.407 e. The molecule has 1 aromatic carbocycles. The summed E-state index contributed by atoms with van der Waals surface area (Å²) in [4.78, 5) is 9.80. The molecule has 0 aromatic heterocycles. The highest BCUT2D eigenvalue weighted by molar-refractivity contribution is 5.46. The Morgan fingerprint density at radius 2 is 2.00 bits per heavy atom. The molecule has 7 heteroatoms. The van der Waals surface area contributed by atoms with Gasteiger partial charge >= 0.3 is 6.18 Å². The summed E-state index contributed by atoms with van der Waals surface area (Å²) in [5.41, 5.74) is 4.30. The third kappa shape index (κ3) is 2.30. The molecule has 0 fully saturated rings. The number of nitrogens with two attached hydrogens (primary N) is 1. The van der Waals surface area contributed by atoms with Crippen LogP contribution in [-0.2, 0) is 0 Å². The fourth-order valence-electron chi connectivity index (χ4n) is 1.35. The molecule has 0 spiro atoms. The zero-order valence-corrected chi connectivity index (χ0v) is 8.28. The van der Waals surface area contributed by atoms with E-state index < -0.39 is 17.1 Å². The number of halogens is 3. The Hall–Kier alpha value is -1.63. The molecule has 4 nitrogen and oxygen atoms in total. The third-order valence-electron chi connectivity index (χ3n) is 2.23. The van der Waals surface area contributed by atoms with Crippen molar-refractivity contribution in [1.29, 1.82) is 0 Å². The van der Waals surface area contributed by atoms with Crippen molar-refractivity contribution in [3.63, 3.8) is 0 Å². The summed E-state index contributed by atoms with van der Waals surface area (Å²) in [6.07, 6.45) is -4.61. The first-order chi connectivity index (χ1) is 7.25. The van der Waals surface area contributed by atoms with Crippen molar-refractivity contribution in [2.75, 3.05) is 0 Å². The van der Waals surface area contributed by atoms with Crippen molar-refractivity contribution in [3.8, 4) is 0 Å². The van der Waals surface area contributed by atoms with Crippen LogP contribution in [0.1, 0.15) is 17.2 Å². The van der Waals surface area contributed by atoms with E-state index in [0.717, 1.165) is 12.1 Å². The van der Waals surface area contributed by atoms with Crippen molar-refractivity contribution in [3.05, 3.63) is 39.4 Å². The van der Waals surface area contributed by atoms with E-state index >= 15 is 0 Å². The Bertz CT molecular complexity index is 418. The molecule has 2 N–H and O–H groups in total. The largest absolute Gasteiger partial charge is 0.407 e. The summed E-state index contributed by atoms with van der Waals surface area (Å²) in [7, 11) is 0. The Morgan fingerprint density at radius 1 is 1.44 bits per heavy atom. The number of hydrogen-bond acceptors (Lipinski definition) is 3. The molecule has 1 atom stereocenters. The minimum Gasteiger partial charge on any atom is -0.316 e. The summed E-state index contributed by atoms with van der Waals surface area (Å²) in [6, 6.07) is 1.27. The number of alkyl halides is 3.